The summed E-state index contributed by atoms with van der Waals surface area (Å²) in [6.07, 6.45) is 10.6. The number of hydrogen-bond acceptors (Lipinski definition) is 17. The summed E-state index contributed by atoms with van der Waals surface area (Å²) in [5.41, 5.74) is 22.9. The van der Waals surface area contributed by atoms with Crippen LogP contribution in [0, 0.1) is 76.9 Å². The predicted molar refractivity (Wildman–Crippen MR) is 510 cm³/mol. The van der Waals surface area contributed by atoms with Crippen LogP contribution in [-0.2, 0) is 57.3 Å². The number of Topliss-reactive ketones (excluding diaryl/α,β-unsaturated/α-hetero) is 1. The van der Waals surface area contributed by atoms with Crippen molar-refractivity contribution < 1.29 is 96.8 Å². The Labute approximate surface area is 778 Å². The number of carboxylic acids is 3. The highest BCUT2D eigenvalue weighted by molar-refractivity contribution is 5.97. The molecule has 3 amide bonds. The molecule has 1 saturated heterocycles. The molecule has 10 aromatic rings. The van der Waals surface area contributed by atoms with Crippen molar-refractivity contribution in [2.75, 3.05) is 74.1 Å². The van der Waals surface area contributed by atoms with E-state index in [4.69, 9.17) is 45.1 Å². The molecule has 6 aliphatic rings. The Morgan fingerprint density at radius 1 is 0.466 bits per heavy atom. The molecular weight excluding hydrogens is 1690 g/mol. The first-order valence-electron chi connectivity index (χ1n) is 44.6. The zero-order valence-corrected chi connectivity index (χ0v) is 76.8. The highest BCUT2D eigenvalue weighted by Crippen LogP contribution is 2.52. The number of ketones is 1. The number of halogens is 1. The first-order chi connectivity index (χ1) is 64.0. The average molecular weight is 1810 g/mol. The number of methoxy groups -OCH3 is 3. The van der Waals surface area contributed by atoms with E-state index >= 15 is 0 Å². The number of amides is 3. The largest absolute Gasteiger partial charge is 0.497 e. The molecule has 10 aromatic carbocycles. The van der Waals surface area contributed by atoms with Crippen LogP contribution in [0.5, 0.6) is 5.75 Å². The maximum absolute atomic E-state index is 13.2. The fourth-order valence-electron chi connectivity index (χ4n) is 14.9. The number of rotatable bonds is 28. The minimum absolute atomic E-state index is 0.00398. The molecule has 24 heteroatoms. The average Bonchev–Trinajstić information content (AvgIpc) is 1.62. The number of benzene rings is 10. The van der Waals surface area contributed by atoms with Gasteiger partial charge in [-0.2, -0.15) is 0 Å². The number of carbonyl (C=O) groups is 9. The van der Waals surface area contributed by atoms with Crippen LogP contribution >= 0.6 is 0 Å². The van der Waals surface area contributed by atoms with Crippen LogP contribution in [0.3, 0.4) is 0 Å². The number of aryl methyl sites for hydroxylation is 6. The number of hydrogen-bond donors (Lipinski definition) is 8. The number of nitrogens with two attached hydrogens (primary N) is 1. The smallest absolute Gasteiger partial charge is 0.330 e. The zero-order chi connectivity index (χ0) is 96.0. The first-order valence-corrected chi connectivity index (χ1v) is 44.6. The van der Waals surface area contributed by atoms with Gasteiger partial charge in [-0.05, 0) is 208 Å². The van der Waals surface area contributed by atoms with Gasteiger partial charge in [0, 0.05) is 43.1 Å². The maximum Gasteiger partial charge on any atom is 0.330 e. The van der Waals surface area contributed by atoms with E-state index in [1.54, 1.807) is 24.2 Å². The van der Waals surface area contributed by atoms with Crippen LogP contribution in [0.1, 0.15) is 174 Å². The van der Waals surface area contributed by atoms with Gasteiger partial charge in [0.1, 0.15) is 24.2 Å². The van der Waals surface area contributed by atoms with Crippen LogP contribution in [0.4, 0.5) is 4.39 Å². The second-order valence-electron chi connectivity index (χ2n) is 33.9. The fourth-order valence-corrected chi connectivity index (χ4v) is 14.9. The number of morpholine rings is 1. The molecule has 6 fully saturated rings. The molecule has 16 rings (SSSR count). The number of aliphatic carboxylic acids is 3. The SMILES string of the molecule is COC(=O)/C=C/c1ccc(C)cc1.COC(=O)C1CC1c1ccc(C)cc1.COc1ccc([C@@H]2CC2CC(=O)COC[C@H](NC(=O)c2ccc(F)cc2)C(=O)N2CCOCC2)cc1.Cc1ccc(/C=C/C(=O)O)cc1.Cc1ccc(C2CC2C(=O)O)cc1.Cc1ccc([C@@H]2C[C@H]2C(=O)N[C@@H](CO)c2ccccc2)cc1.Cc1ccc([C@@H]2C[C@H]2C(=O)O)cc1.N[C@@H](CO)c1ccccc1. The lowest BCUT2D eigenvalue weighted by atomic mass is 10.1. The summed E-state index contributed by atoms with van der Waals surface area (Å²) in [4.78, 5) is 106. The van der Waals surface area contributed by atoms with Gasteiger partial charge in [-0.25, -0.2) is 14.0 Å². The van der Waals surface area contributed by atoms with Crippen LogP contribution in [0.25, 0.3) is 12.2 Å². The molecular formula is C109H123FN4O19. The Hall–Kier alpha value is -13.4. The number of nitrogens with one attached hydrogen (secondary N) is 2. The van der Waals surface area contributed by atoms with E-state index in [2.05, 4.69) is 77.7 Å². The van der Waals surface area contributed by atoms with Crippen molar-refractivity contribution in [3.63, 3.8) is 0 Å². The number of carboxylic acid groups (broad SMARTS) is 3. The molecule has 0 spiro atoms. The van der Waals surface area contributed by atoms with Crippen molar-refractivity contribution in [1.82, 2.24) is 15.5 Å². The molecule has 0 bridgehead atoms. The zero-order valence-electron chi connectivity index (χ0n) is 76.8. The van der Waals surface area contributed by atoms with E-state index in [-0.39, 0.29) is 115 Å². The Balaban J connectivity index is 0.000000179. The highest BCUT2D eigenvalue weighted by Gasteiger charge is 2.47. The van der Waals surface area contributed by atoms with Gasteiger partial charge in [-0.1, -0.05) is 252 Å². The number of aliphatic hydroxyl groups excluding tert-OH is 2. The molecule has 0 radical (unpaired) electrons. The Morgan fingerprint density at radius 2 is 0.872 bits per heavy atom. The van der Waals surface area contributed by atoms with E-state index in [0.29, 0.717) is 50.5 Å². The summed E-state index contributed by atoms with van der Waals surface area (Å²) >= 11 is 0. The Bertz CT molecular complexity index is 5360. The number of ether oxygens (including phenoxy) is 5. The van der Waals surface area contributed by atoms with E-state index in [9.17, 15) is 52.6 Å². The normalized spacial score (nSPS) is 19.4. The summed E-state index contributed by atoms with van der Waals surface area (Å²) < 4.78 is 38.5. The van der Waals surface area contributed by atoms with Crippen molar-refractivity contribution in [2.24, 2.45) is 35.3 Å². The standard InChI is InChI=1S/C27H31FN2O6.C19H21NO2.C12H14O2.3C11H12O2.C10H10O2.C8H11NO/c1-34-23-8-4-18(5-9-23)24-15-20(24)14-22(31)16-36-17-25(27(33)30-10-12-35-13-11-30)29-26(32)19-2-6-21(28)7-3-19;1-13-7-9-14(10-8-13)16-11-17(16)19(22)20-18(12-21)15-5-3-2-4-6-15;1-8-3-5-9(6-4-8)10-7-11(10)12(13)14-2;2*1-7-2-4-8(5-3-7)9-6-10(9)11(12)13;1-9-3-5-10(6-4-9)7-8-11(12)13-2;1-8-2-4-9(5-3-8)6-7-10(11)12;9-8(6-10)7-4-2-1-3-5-7/h2-9,20,24-25H,10-17H2,1H3,(H,29,32);2-10,16-18,21H,11-12H2,1H3,(H,20,22);3-6,10-11H,7H2,1-2H3;2*2-5,9-10H,6H2,1H3,(H,12,13);3-8H,1-2H3;2-7H,1H3,(H,11,12);1-5,8,10H,6,9H2/b;;;;;8-7+;7-6+;/t20?,24-,25-;16-,17+,18-;;9-,10+;;;;8-/m00.0...0/s1. The Morgan fingerprint density at radius 3 is 1.29 bits per heavy atom. The Kier molecular flexibility index (Phi) is 40.9. The summed E-state index contributed by atoms with van der Waals surface area (Å²) in [7, 11) is 4.44. The van der Waals surface area contributed by atoms with Gasteiger partial charge in [-0.15, -0.1) is 0 Å². The molecule has 1 aliphatic heterocycles. The van der Waals surface area contributed by atoms with Crippen LogP contribution in [0.2, 0.25) is 0 Å². The number of carbonyl (C=O) groups excluding carboxylic acids is 6. The number of nitrogens with zero attached hydrogens (tertiary/aromatic N) is 1. The summed E-state index contributed by atoms with van der Waals surface area (Å²) in [5.74, 6) is -1.42. The first kappa shape index (κ1) is 103. The van der Waals surface area contributed by atoms with Crippen LogP contribution in [-0.4, -0.2) is 164 Å². The lowest BCUT2D eigenvalue weighted by Gasteiger charge is -2.30. The van der Waals surface area contributed by atoms with Gasteiger partial charge in [0.05, 0.1) is 84.2 Å². The molecule has 700 valence electrons. The van der Waals surface area contributed by atoms with Crippen LogP contribution < -0.4 is 21.1 Å². The summed E-state index contributed by atoms with van der Waals surface area (Å²) in [5, 5.41) is 49.7. The minimum atomic E-state index is -0.971. The minimum Gasteiger partial charge on any atom is -0.497 e. The van der Waals surface area contributed by atoms with Gasteiger partial charge in [0.2, 0.25) is 11.8 Å². The van der Waals surface area contributed by atoms with Gasteiger partial charge in [0.15, 0.2) is 5.78 Å². The maximum atomic E-state index is 13.2. The van der Waals surface area contributed by atoms with Crippen molar-refractivity contribution in [1.29, 1.82) is 0 Å². The van der Waals surface area contributed by atoms with Gasteiger partial charge < -0.3 is 70.5 Å². The van der Waals surface area contributed by atoms with Gasteiger partial charge >= 0.3 is 29.8 Å². The number of esters is 2. The predicted octanol–water partition coefficient (Wildman–Crippen LogP) is 17.1. The third-order valence-corrected chi connectivity index (χ3v) is 23.5. The molecule has 5 aliphatic carbocycles. The molecule has 9 N–H and O–H groups in total. The van der Waals surface area contributed by atoms with E-state index in [0.717, 1.165) is 77.3 Å². The van der Waals surface area contributed by atoms with Crippen molar-refractivity contribution in [3.05, 3.63) is 362 Å². The monoisotopic (exact) mass is 1810 g/mol. The quantitative estimate of drug-likeness (QED) is 0.0167. The van der Waals surface area contributed by atoms with E-state index in [1.165, 1.54) is 94.6 Å². The van der Waals surface area contributed by atoms with E-state index < -0.39 is 35.7 Å². The second kappa shape index (κ2) is 52.6. The van der Waals surface area contributed by atoms with Gasteiger partial charge in [0.25, 0.3) is 5.91 Å². The lowest BCUT2D eigenvalue weighted by molar-refractivity contribution is -0.142. The molecule has 133 heavy (non-hydrogen) atoms. The fraction of sp³-hybridized carbons (Fsp3) is 0.330. The molecule has 5 unspecified atom stereocenters. The van der Waals surface area contributed by atoms with Crippen molar-refractivity contribution in [2.45, 2.75) is 128 Å². The third-order valence-electron chi connectivity index (χ3n) is 23.5. The third kappa shape index (κ3) is 35.0. The van der Waals surface area contributed by atoms with Crippen molar-refractivity contribution >= 4 is 65.5 Å². The van der Waals surface area contributed by atoms with Crippen LogP contribution in [0.15, 0.2) is 267 Å². The molecule has 5 saturated carbocycles. The van der Waals surface area contributed by atoms with Crippen molar-refractivity contribution in [3.8, 4) is 5.75 Å². The van der Waals surface area contributed by atoms with E-state index in [1.807, 2.05) is 210 Å². The highest BCUT2D eigenvalue weighted by atomic mass is 19.1. The van der Waals surface area contributed by atoms with Gasteiger partial charge in [-0.3, -0.25) is 33.6 Å². The molecule has 23 nitrogen and oxygen atoms in total. The second-order valence-corrected chi connectivity index (χ2v) is 33.9. The summed E-state index contributed by atoms with van der Waals surface area (Å²) in [6, 6.07) is 79.1. The lowest BCUT2D eigenvalue weighted by Crippen LogP contribution is -2.53. The molecule has 0 aromatic heterocycles. The summed E-state index contributed by atoms with van der Waals surface area (Å²) in [6.45, 7) is 13.5. The molecule has 1 heterocycles. The molecule has 13 atom stereocenters. The number of aliphatic hydroxyl groups is 2. The topological polar surface area (TPSA) is 354 Å².